The average Bonchev–Trinajstić information content (AvgIpc) is 2.28. The maximum atomic E-state index is 12.6. The van der Waals surface area contributed by atoms with Gasteiger partial charge in [0.15, 0.2) is 0 Å². The van der Waals surface area contributed by atoms with Gasteiger partial charge in [-0.1, -0.05) is 12.1 Å². The van der Waals surface area contributed by atoms with Crippen LogP contribution >= 0.6 is 0 Å². The van der Waals surface area contributed by atoms with Crippen molar-refractivity contribution in [2.45, 2.75) is 18.8 Å². The Morgan fingerprint density at radius 3 is 2.61 bits per heavy atom. The standard InChI is InChI=1S/C12H14F3N3/c1-18(11(7-17)12(13,14)15)8-10-4-2-3-9(5-10)6-16/h2-5,11H,7-8,17H2,1H3. The Kier molecular flexibility index (Phi) is 4.70. The van der Waals surface area contributed by atoms with E-state index >= 15 is 0 Å². The molecule has 0 heterocycles. The number of likely N-dealkylation sites (N-methyl/N-ethyl adjacent to an activating group) is 1. The third-order valence-corrected chi connectivity index (χ3v) is 2.62. The van der Waals surface area contributed by atoms with Crippen molar-refractivity contribution in [3.8, 4) is 6.07 Å². The van der Waals surface area contributed by atoms with E-state index in [4.69, 9.17) is 11.0 Å². The number of rotatable bonds is 4. The summed E-state index contributed by atoms with van der Waals surface area (Å²) >= 11 is 0. The number of halogens is 3. The predicted molar refractivity (Wildman–Crippen MR) is 61.5 cm³/mol. The number of alkyl halides is 3. The fraction of sp³-hybridized carbons (Fsp3) is 0.417. The first-order valence-corrected chi connectivity index (χ1v) is 5.34. The molecule has 0 amide bonds. The molecule has 1 aromatic carbocycles. The van der Waals surface area contributed by atoms with Crippen LogP contribution in [0.25, 0.3) is 0 Å². The lowest BCUT2D eigenvalue weighted by atomic mass is 10.1. The molecule has 3 nitrogen and oxygen atoms in total. The third kappa shape index (κ3) is 3.72. The Morgan fingerprint density at radius 1 is 1.44 bits per heavy atom. The third-order valence-electron chi connectivity index (χ3n) is 2.62. The van der Waals surface area contributed by atoms with Crippen molar-refractivity contribution in [3.05, 3.63) is 35.4 Å². The van der Waals surface area contributed by atoms with Gasteiger partial charge in [0, 0.05) is 13.1 Å². The molecule has 0 aliphatic carbocycles. The van der Waals surface area contributed by atoms with Crippen LogP contribution in [0, 0.1) is 11.3 Å². The van der Waals surface area contributed by atoms with Crippen LogP contribution in [-0.4, -0.2) is 30.7 Å². The molecule has 18 heavy (non-hydrogen) atoms. The molecule has 0 aliphatic heterocycles. The van der Waals surface area contributed by atoms with Gasteiger partial charge in [-0.2, -0.15) is 18.4 Å². The Labute approximate surface area is 104 Å². The lowest BCUT2D eigenvalue weighted by Crippen LogP contribution is -2.48. The molecule has 0 radical (unpaired) electrons. The van der Waals surface area contributed by atoms with Gasteiger partial charge in [0.2, 0.25) is 0 Å². The molecule has 1 aromatic rings. The first kappa shape index (κ1) is 14.5. The number of hydrogen-bond donors (Lipinski definition) is 1. The molecular formula is C12H14F3N3. The maximum absolute atomic E-state index is 12.6. The summed E-state index contributed by atoms with van der Waals surface area (Å²) in [6.45, 7) is -0.394. The van der Waals surface area contributed by atoms with Crippen molar-refractivity contribution in [3.63, 3.8) is 0 Å². The highest BCUT2D eigenvalue weighted by molar-refractivity contribution is 5.32. The second-order valence-electron chi connectivity index (χ2n) is 4.02. The second-order valence-corrected chi connectivity index (χ2v) is 4.02. The normalized spacial score (nSPS) is 13.4. The summed E-state index contributed by atoms with van der Waals surface area (Å²) in [4.78, 5) is 1.14. The lowest BCUT2D eigenvalue weighted by molar-refractivity contribution is -0.178. The SMILES string of the molecule is CN(Cc1cccc(C#N)c1)C(CN)C(F)(F)F. The fourth-order valence-corrected chi connectivity index (χ4v) is 1.70. The van der Waals surface area contributed by atoms with Crippen molar-refractivity contribution in [1.29, 1.82) is 5.26 Å². The van der Waals surface area contributed by atoms with Gasteiger partial charge < -0.3 is 5.73 Å². The van der Waals surface area contributed by atoms with Gasteiger partial charge in [0.1, 0.15) is 6.04 Å². The van der Waals surface area contributed by atoms with E-state index in [1.807, 2.05) is 6.07 Å². The van der Waals surface area contributed by atoms with Crippen molar-refractivity contribution < 1.29 is 13.2 Å². The number of hydrogen-bond acceptors (Lipinski definition) is 3. The van der Waals surface area contributed by atoms with E-state index in [1.165, 1.54) is 7.05 Å². The molecular weight excluding hydrogens is 243 g/mol. The van der Waals surface area contributed by atoms with Crippen LogP contribution in [-0.2, 0) is 6.54 Å². The van der Waals surface area contributed by atoms with Crippen LogP contribution < -0.4 is 5.73 Å². The van der Waals surface area contributed by atoms with E-state index in [1.54, 1.807) is 24.3 Å². The molecule has 1 rings (SSSR count). The van der Waals surface area contributed by atoms with Crippen molar-refractivity contribution >= 4 is 0 Å². The number of benzene rings is 1. The van der Waals surface area contributed by atoms with Crippen LogP contribution in [0.3, 0.4) is 0 Å². The van der Waals surface area contributed by atoms with Gasteiger partial charge in [0.25, 0.3) is 0 Å². The monoisotopic (exact) mass is 257 g/mol. The van der Waals surface area contributed by atoms with Gasteiger partial charge in [-0.25, -0.2) is 0 Å². The molecule has 1 unspecified atom stereocenters. The van der Waals surface area contributed by atoms with E-state index in [0.29, 0.717) is 11.1 Å². The molecule has 0 saturated carbocycles. The summed E-state index contributed by atoms with van der Waals surface area (Å²) in [5.41, 5.74) is 6.24. The number of nitrogens with zero attached hydrogens (tertiary/aromatic N) is 2. The van der Waals surface area contributed by atoms with Crippen LogP contribution in [0.1, 0.15) is 11.1 Å². The van der Waals surface area contributed by atoms with Crippen LogP contribution in [0.15, 0.2) is 24.3 Å². The Morgan fingerprint density at radius 2 is 2.11 bits per heavy atom. The van der Waals surface area contributed by atoms with Crippen molar-refractivity contribution in [1.82, 2.24) is 4.90 Å². The first-order valence-electron chi connectivity index (χ1n) is 5.34. The smallest absolute Gasteiger partial charge is 0.329 e. The summed E-state index contributed by atoms with van der Waals surface area (Å²) < 4.78 is 37.9. The molecule has 0 fully saturated rings. The molecule has 6 heteroatoms. The lowest BCUT2D eigenvalue weighted by Gasteiger charge is -2.28. The predicted octanol–water partition coefficient (Wildman–Crippen LogP) is 1.88. The van der Waals surface area contributed by atoms with Gasteiger partial charge in [-0.3, -0.25) is 4.90 Å². The molecule has 1 atom stereocenters. The highest BCUT2D eigenvalue weighted by atomic mass is 19.4. The van der Waals surface area contributed by atoms with Crippen LogP contribution in [0.5, 0.6) is 0 Å². The van der Waals surface area contributed by atoms with E-state index < -0.39 is 18.8 Å². The van der Waals surface area contributed by atoms with Gasteiger partial charge in [-0.05, 0) is 24.7 Å². The second kappa shape index (κ2) is 5.85. The highest BCUT2D eigenvalue weighted by Gasteiger charge is 2.41. The zero-order chi connectivity index (χ0) is 13.8. The minimum Gasteiger partial charge on any atom is -0.329 e. The molecule has 98 valence electrons. The van der Waals surface area contributed by atoms with Crippen molar-refractivity contribution in [2.24, 2.45) is 5.73 Å². The van der Waals surface area contributed by atoms with Crippen LogP contribution in [0.4, 0.5) is 13.2 Å². The molecule has 0 aromatic heterocycles. The highest BCUT2D eigenvalue weighted by Crippen LogP contribution is 2.24. The van der Waals surface area contributed by atoms with E-state index in [-0.39, 0.29) is 6.54 Å². The fourth-order valence-electron chi connectivity index (χ4n) is 1.70. The Balaban J connectivity index is 2.80. The maximum Gasteiger partial charge on any atom is 0.405 e. The molecule has 2 N–H and O–H groups in total. The first-order chi connectivity index (χ1) is 8.38. The zero-order valence-electron chi connectivity index (χ0n) is 9.91. The molecule has 0 saturated heterocycles. The van der Waals surface area contributed by atoms with Crippen molar-refractivity contribution in [2.75, 3.05) is 13.6 Å². The minimum atomic E-state index is -4.35. The number of nitriles is 1. The van der Waals surface area contributed by atoms with Gasteiger partial charge >= 0.3 is 6.18 Å². The van der Waals surface area contributed by atoms with Crippen LogP contribution in [0.2, 0.25) is 0 Å². The van der Waals surface area contributed by atoms with Gasteiger partial charge in [0.05, 0.1) is 11.6 Å². The molecule has 0 spiro atoms. The Bertz CT molecular complexity index is 437. The average molecular weight is 257 g/mol. The summed E-state index contributed by atoms with van der Waals surface area (Å²) in [5, 5.41) is 8.72. The van der Waals surface area contributed by atoms with E-state index in [0.717, 1.165) is 4.90 Å². The summed E-state index contributed by atoms with van der Waals surface area (Å²) in [6.07, 6.45) is -4.35. The topological polar surface area (TPSA) is 53.0 Å². The summed E-state index contributed by atoms with van der Waals surface area (Å²) in [6, 6.07) is 6.77. The number of nitrogens with two attached hydrogens (primary N) is 1. The minimum absolute atomic E-state index is 0.0941. The molecule has 0 bridgehead atoms. The quantitative estimate of drug-likeness (QED) is 0.896. The Hall–Kier alpha value is -1.58. The largest absolute Gasteiger partial charge is 0.405 e. The molecule has 0 aliphatic rings. The summed E-state index contributed by atoms with van der Waals surface area (Å²) in [7, 11) is 1.37. The zero-order valence-corrected chi connectivity index (χ0v) is 9.91. The van der Waals surface area contributed by atoms with E-state index in [2.05, 4.69) is 0 Å². The van der Waals surface area contributed by atoms with Gasteiger partial charge in [-0.15, -0.1) is 0 Å². The van der Waals surface area contributed by atoms with E-state index in [9.17, 15) is 13.2 Å². The summed E-state index contributed by atoms with van der Waals surface area (Å²) in [5.74, 6) is 0.